The number of hydrogen-bond acceptors (Lipinski definition) is 3. The van der Waals surface area contributed by atoms with Gasteiger partial charge in [0.15, 0.2) is 11.5 Å². The maximum atomic E-state index is 13.6. The van der Waals surface area contributed by atoms with Gasteiger partial charge in [-0.15, -0.1) is 0 Å². The van der Waals surface area contributed by atoms with Gasteiger partial charge in [-0.25, -0.2) is 0 Å². The first-order valence-corrected chi connectivity index (χ1v) is 6.00. The average molecular weight is 239 g/mol. The van der Waals surface area contributed by atoms with Gasteiger partial charge in [-0.3, -0.25) is 0 Å². The molecule has 1 fully saturated rings. The molecule has 1 aliphatic rings. The average Bonchev–Trinajstić information content (AvgIpc) is 2.36. The lowest BCUT2D eigenvalue weighted by Crippen LogP contribution is -2.35. The molecular weight excluding hydrogens is 221 g/mol. The molecular formula is C13H18FNO2. The van der Waals surface area contributed by atoms with Crippen LogP contribution in [0.25, 0.3) is 0 Å². The van der Waals surface area contributed by atoms with Crippen molar-refractivity contribution >= 4 is 0 Å². The van der Waals surface area contributed by atoms with E-state index in [0.29, 0.717) is 6.04 Å². The van der Waals surface area contributed by atoms with Crippen molar-refractivity contribution in [2.75, 3.05) is 13.7 Å². The van der Waals surface area contributed by atoms with Crippen LogP contribution in [-0.4, -0.2) is 24.8 Å². The predicted molar refractivity (Wildman–Crippen MR) is 64.0 cm³/mol. The van der Waals surface area contributed by atoms with Crippen LogP contribution in [0.4, 0.5) is 4.39 Å². The fourth-order valence-corrected chi connectivity index (χ4v) is 2.33. The third kappa shape index (κ3) is 2.69. The number of piperidine rings is 1. The summed E-state index contributed by atoms with van der Waals surface area (Å²) in [6.07, 6.45) is 4.25. The lowest BCUT2D eigenvalue weighted by atomic mass is 9.97. The van der Waals surface area contributed by atoms with Crippen molar-refractivity contribution in [3.63, 3.8) is 0 Å². The van der Waals surface area contributed by atoms with E-state index in [1.807, 2.05) is 0 Å². The summed E-state index contributed by atoms with van der Waals surface area (Å²) < 4.78 is 18.7. The van der Waals surface area contributed by atoms with Gasteiger partial charge in [-0.1, -0.05) is 12.5 Å². The molecule has 17 heavy (non-hydrogen) atoms. The second kappa shape index (κ2) is 5.36. The van der Waals surface area contributed by atoms with Crippen molar-refractivity contribution in [2.24, 2.45) is 0 Å². The number of phenolic OH excluding ortho intramolecular Hbond substituents is 1. The molecule has 0 radical (unpaired) electrons. The van der Waals surface area contributed by atoms with E-state index in [4.69, 9.17) is 4.74 Å². The molecule has 0 saturated carbocycles. The Balaban J connectivity index is 2.17. The Morgan fingerprint density at radius 1 is 1.47 bits per heavy atom. The molecule has 1 saturated heterocycles. The minimum absolute atomic E-state index is 0.164. The molecule has 3 nitrogen and oxygen atoms in total. The van der Waals surface area contributed by atoms with E-state index in [-0.39, 0.29) is 11.5 Å². The molecule has 1 aromatic rings. The third-order valence-corrected chi connectivity index (χ3v) is 3.24. The normalized spacial score (nSPS) is 20.2. The number of aromatic hydroxyl groups is 1. The fraction of sp³-hybridized carbons (Fsp3) is 0.538. The van der Waals surface area contributed by atoms with Gasteiger partial charge in [0.25, 0.3) is 0 Å². The van der Waals surface area contributed by atoms with Crippen LogP contribution in [-0.2, 0) is 6.42 Å². The maximum Gasteiger partial charge on any atom is 0.206 e. The Morgan fingerprint density at radius 2 is 2.29 bits per heavy atom. The van der Waals surface area contributed by atoms with Gasteiger partial charge < -0.3 is 15.2 Å². The monoisotopic (exact) mass is 239 g/mol. The zero-order chi connectivity index (χ0) is 12.3. The molecule has 1 unspecified atom stereocenters. The van der Waals surface area contributed by atoms with Crippen LogP contribution in [0.1, 0.15) is 24.8 Å². The molecule has 1 heterocycles. The van der Waals surface area contributed by atoms with E-state index in [9.17, 15) is 9.50 Å². The highest BCUT2D eigenvalue weighted by molar-refractivity contribution is 5.42. The molecule has 2 N–H and O–H groups in total. The van der Waals surface area contributed by atoms with Crippen molar-refractivity contribution in [1.29, 1.82) is 0 Å². The van der Waals surface area contributed by atoms with Crippen LogP contribution in [0.2, 0.25) is 0 Å². The Morgan fingerprint density at radius 3 is 2.94 bits per heavy atom. The molecule has 1 aliphatic heterocycles. The highest BCUT2D eigenvalue weighted by Crippen LogP contribution is 2.30. The van der Waals surface area contributed by atoms with Gasteiger partial charge in [0.1, 0.15) is 0 Å². The van der Waals surface area contributed by atoms with E-state index >= 15 is 0 Å². The number of rotatable bonds is 3. The highest BCUT2D eigenvalue weighted by atomic mass is 19.1. The molecule has 0 bridgehead atoms. The molecule has 1 aromatic carbocycles. The smallest absolute Gasteiger partial charge is 0.206 e. The van der Waals surface area contributed by atoms with Crippen LogP contribution in [0.3, 0.4) is 0 Å². The Labute approximate surface area is 101 Å². The standard InChI is InChI=1S/C13H18FNO2/c1-17-13-9(5-6-11(16)12(13)14)8-10-4-2-3-7-15-10/h5-6,10,15-16H,2-4,7-8H2,1H3. The van der Waals surface area contributed by atoms with Crippen molar-refractivity contribution in [3.8, 4) is 11.5 Å². The summed E-state index contributed by atoms with van der Waals surface area (Å²) in [7, 11) is 1.43. The van der Waals surface area contributed by atoms with Gasteiger partial charge in [0, 0.05) is 6.04 Å². The minimum Gasteiger partial charge on any atom is -0.505 e. The van der Waals surface area contributed by atoms with Gasteiger partial charge >= 0.3 is 0 Å². The number of nitrogens with one attached hydrogen (secondary N) is 1. The van der Waals surface area contributed by atoms with Crippen LogP contribution in [0.5, 0.6) is 11.5 Å². The van der Waals surface area contributed by atoms with E-state index in [1.54, 1.807) is 6.07 Å². The third-order valence-electron chi connectivity index (χ3n) is 3.24. The van der Waals surface area contributed by atoms with Crippen molar-refractivity contribution in [2.45, 2.75) is 31.7 Å². The zero-order valence-corrected chi connectivity index (χ0v) is 10.0. The SMILES string of the molecule is COc1c(CC2CCCCN2)ccc(O)c1F. The first kappa shape index (κ1) is 12.2. The van der Waals surface area contributed by atoms with Crippen molar-refractivity contribution in [3.05, 3.63) is 23.5 Å². The van der Waals surface area contributed by atoms with E-state index in [2.05, 4.69) is 5.32 Å². The van der Waals surface area contributed by atoms with Crippen LogP contribution in [0, 0.1) is 5.82 Å². The Bertz CT molecular complexity index is 389. The van der Waals surface area contributed by atoms with E-state index in [1.165, 1.54) is 26.0 Å². The second-order valence-electron chi connectivity index (χ2n) is 4.44. The molecule has 94 valence electrons. The predicted octanol–water partition coefficient (Wildman–Crippen LogP) is 2.22. The number of benzene rings is 1. The summed E-state index contributed by atoms with van der Waals surface area (Å²) in [5.74, 6) is -0.861. The summed E-state index contributed by atoms with van der Waals surface area (Å²) in [6.45, 7) is 1.02. The van der Waals surface area contributed by atoms with Crippen LogP contribution < -0.4 is 10.1 Å². The van der Waals surface area contributed by atoms with E-state index < -0.39 is 5.82 Å². The van der Waals surface area contributed by atoms with Gasteiger partial charge in [0.05, 0.1) is 7.11 Å². The number of phenols is 1. The van der Waals surface area contributed by atoms with Gasteiger partial charge in [0.2, 0.25) is 5.82 Å². The van der Waals surface area contributed by atoms with Gasteiger partial charge in [-0.05, 0) is 37.4 Å². The summed E-state index contributed by atoms with van der Waals surface area (Å²) in [5.41, 5.74) is 0.808. The molecule has 0 amide bonds. The second-order valence-corrected chi connectivity index (χ2v) is 4.44. The lowest BCUT2D eigenvalue weighted by molar-refractivity contribution is 0.351. The maximum absolute atomic E-state index is 13.6. The first-order valence-electron chi connectivity index (χ1n) is 6.00. The largest absolute Gasteiger partial charge is 0.505 e. The topological polar surface area (TPSA) is 41.5 Å². The number of hydrogen-bond donors (Lipinski definition) is 2. The summed E-state index contributed by atoms with van der Waals surface area (Å²) in [4.78, 5) is 0. The summed E-state index contributed by atoms with van der Waals surface area (Å²) >= 11 is 0. The fourth-order valence-electron chi connectivity index (χ4n) is 2.33. The van der Waals surface area contributed by atoms with Gasteiger partial charge in [-0.2, -0.15) is 4.39 Å². The first-order chi connectivity index (χ1) is 8.22. The molecule has 1 atom stereocenters. The molecule has 0 aromatic heterocycles. The van der Waals surface area contributed by atoms with Crippen LogP contribution >= 0.6 is 0 Å². The quantitative estimate of drug-likeness (QED) is 0.850. The Kier molecular flexibility index (Phi) is 3.84. The van der Waals surface area contributed by atoms with Crippen molar-refractivity contribution < 1.29 is 14.2 Å². The minimum atomic E-state index is -0.666. The Hall–Kier alpha value is -1.29. The number of ether oxygens (including phenoxy) is 1. The van der Waals surface area contributed by atoms with Crippen LogP contribution in [0.15, 0.2) is 12.1 Å². The molecule has 0 aliphatic carbocycles. The molecule has 2 rings (SSSR count). The zero-order valence-electron chi connectivity index (χ0n) is 10.0. The molecule has 4 heteroatoms. The molecule has 0 spiro atoms. The van der Waals surface area contributed by atoms with E-state index in [0.717, 1.165) is 24.9 Å². The summed E-state index contributed by atoms with van der Waals surface area (Å²) in [5, 5.41) is 12.7. The highest BCUT2D eigenvalue weighted by Gasteiger charge is 2.18. The summed E-state index contributed by atoms with van der Waals surface area (Å²) in [6, 6.07) is 3.49. The lowest BCUT2D eigenvalue weighted by Gasteiger charge is -2.24. The van der Waals surface area contributed by atoms with Crippen molar-refractivity contribution in [1.82, 2.24) is 5.32 Å². The number of halogens is 1. The number of methoxy groups -OCH3 is 1.